The van der Waals surface area contributed by atoms with Crippen molar-refractivity contribution in [1.82, 2.24) is 4.90 Å². The van der Waals surface area contributed by atoms with E-state index in [0.29, 0.717) is 31.7 Å². The first-order chi connectivity index (χ1) is 12.3. The predicted octanol–water partition coefficient (Wildman–Crippen LogP) is 4.63. The third kappa shape index (κ3) is 3.96. The number of hydrogen-bond donors (Lipinski definition) is 0. The van der Waals surface area contributed by atoms with E-state index < -0.39 is 11.7 Å². The van der Waals surface area contributed by atoms with Crippen LogP contribution >= 0.6 is 11.6 Å². The number of alkyl halides is 3. The molecule has 1 aliphatic heterocycles. The van der Waals surface area contributed by atoms with Crippen LogP contribution in [0.25, 0.3) is 0 Å². The minimum absolute atomic E-state index is 0.0503. The van der Waals surface area contributed by atoms with Crippen molar-refractivity contribution in [3.63, 3.8) is 0 Å². The van der Waals surface area contributed by atoms with Gasteiger partial charge in [0.1, 0.15) is 0 Å². The van der Waals surface area contributed by atoms with Gasteiger partial charge in [-0.15, -0.1) is 0 Å². The van der Waals surface area contributed by atoms with Gasteiger partial charge in [0.2, 0.25) is 0 Å². The summed E-state index contributed by atoms with van der Waals surface area (Å²) in [7, 11) is 0. The molecule has 0 aromatic heterocycles. The highest BCUT2D eigenvalue weighted by Crippen LogP contribution is 2.38. The summed E-state index contributed by atoms with van der Waals surface area (Å²) in [6, 6.07) is 11.1. The SMILES string of the molecule is Cc1cccc(C(=O)N2CCN(c3ccc(Cl)cc3C(F)(F)F)CC2)c1. The molecule has 3 nitrogen and oxygen atoms in total. The van der Waals surface area contributed by atoms with Crippen molar-refractivity contribution >= 4 is 23.2 Å². The number of anilines is 1. The molecule has 1 aliphatic rings. The summed E-state index contributed by atoms with van der Waals surface area (Å²) in [4.78, 5) is 15.9. The Morgan fingerprint density at radius 3 is 2.35 bits per heavy atom. The van der Waals surface area contributed by atoms with Crippen molar-refractivity contribution in [1.29, 1.82) is 0 Å². The molecule has 0 aliphatic carbocycles. The van der Waals surface area contributed by atoms with E-state index in [4.69, 9.17) is 11.6 Å². The number of amides is 1. The van der Waals surface area contributed by atoms with Crippen LogP contribution in [0.2, 0.25) is 5.02 Å². The summed E-state index contributed by atoms with van der Waals surface area (Å²) in [5.74, 6) is -0.0968. The van der Waals surface area contributed by atoms with Gasteiger partial charge in [-0.25, -0.2) is 0 Å². The van der Waals surface area contributed by atoms with Crippen LogP contribution < -0.4 is 4.90 Å². The van der Waals surface area contributed by atoms with Gasteiger partial charge in [-0.05, 0) is 37.3 Å². The van der Waals surface area contributed by atoms with E-state index in [1.807, 2.05) is 25.1 Å². The Morgan fingerprint density at radius 1 is 1.04 bits per heavy atom. The second-order valence-electron chi connectivity index (χ2n) is 6.31. The fourth-order valence-electron chi connectivity index (χ4n) is 3.12. The van der Waals surface area contributed by atoms with Gasteiger partial charge >= 0.3 is 6.18 Å². The third-order valence-corrected chi connectivity index (χ3v) is 4.67. The minimum Gasteiger partial charge on any atom is -0.367 e. The van der Waals surface area contributed by atoms with Gasteiger partial charge in [-0.3, -0.25) is 4.79 Å². The Labute approximate surface area is 155 Å². The molecule has 26 heavy (non-hydrogen) atoms. The monoisotopic (exact) mass is 382 g/mol. The number of hydrogen-bond acceptors (Lipinski definition) is 2. The van der Waals surface area contributed by atoms with E-state index >= 15 is 0 Å². The van der Waals surface area contributed by atoms with Gasteiger partial charge in [0.15, 0.2) is 0 Å². The number of carbonyl (C=O) groups is 1. The zero-order valence-electron chi connectivity index (χ0n) is 14.2. The van der Waals surface area contributed by atoms with Crippen LogP contribution in [0.15, 0.2) is 42.5 Å². The molecule has 0 saturated carbocycles. The van der Waals surface area contributed by atoms with Crippen molar-refractivity contribution in [2.45, 2.75) is 13.1 Å². The molecule has 0 spiro atoms. The molecule has 0 atom stereocenters. The number of piperazine rings is 1. The summed E-state index contributed by atoms with van der Waals surface area (Å²) >= 11 is 5.74. The van der Waals surface area contributed by atoms with Crippen LogP contribution in [-0.2, 0) is 6.18 Å². The second-order valence-corrected chi connectivity index (χ2v) is 6.74. The first-order valence-electron chi connectivity index (χ1n) is 8.23. The Morgan fingerprint density at radius 2 is 1.73 bits per heavy atom. The zero-order chi connectivity index (χ0) is 18.9. The van der Waals surface area contributed by atoms with Crippen molar-refractivity contribution in [3.05, 3.63) is 64.2 Å². The summed E-state index contributed by atoms with van der Waals surface area (Å²) in [5, 5.41) is 0.0503. The predicted molar refractivity (Wildman–Crippen MR) is 95.7 cm³/mol. The van der Waals surface area contributed by atoms with E-state index in [9.17, 15) is 18.0 Å². The average molecular weight is 383 g/mol. The van der Waals surface area contributed by atoms with Crippen molar-refractivity contribution < 1.29 is 18.0 Å². The van der Waals surface area contributed by atoms with Crippen LogP contribution in [0.3, 0.4) is 0 Å². The van der Waals surface area contributed by atoms with E-state index in [2.05, 4.69) is 0 Å². The average Bonchev–Trinajstić information content (AvgIpc) is 2.60. The van der Waals surface area contributed by atoms with Crippen LogP contribution in [0.4, 0.5) is 18.9 Å². The molecule has 0 radical (unpaired) electrons. The third-order valence-electron chi connectivity index (χ3n) is 4.44. The standard InChI is InChI=1S/C19H18ClF3N2O/c1-13-3-2-4-14(11-13)18(26)25-9-7-24(8-10-25)17-6-5-15(20)12-16(17)19(21,22)23/h2-6,11-12H,7-10H2,1H3. The molecule has 1 heterocycles. The lowest BCUT2D eigenvalue weighted by molar-refractivity contribution is -0.137. The Kier molecular flexibility index (Phi) is 5.14. The first kappa shape index (κ1) is 18.6. The van der Waals surface area contributed by atoms with E-state index in [1.165, 1.54) is 12.1 Å². The van der Waals surface area contributed by atoms with Crippen LogP contribution in [0.5, 0.6) is 0 Å². The zero-order valence-corrected chi connectivity index (χ0v) is 14.9. The highest BCUT2D eigenvalue weighted by Gasteiger charge is 2.36. The smallest absolute Gasteiger partial charge is 0.367 e. The molecule has 1 fully saturated rings. The summed E-state index contributed by atoms with van der Waals surface area (Å²) in [5.41, 5.74) is 0.944. The fraction of sp³-hybridized carbons (Fsp3) is 0.316. The molecular formula is C19H18ClF3N2O. The lowest BCUT2D eigenvalue weighted by Crippen LogP contribution is -2.49. The van der Waals surface area contributed by atoms with Crippen molar-refractivity contribution in [3.8, 4) is 0 Å². The maximum atomic E-state index is 13.3. The lowest BCUT2D eigenvalue weighted by Gasteiger charge is -2.37. The number of halogens is 4. The Hall–Kier alpha value is -2.21. The van der Waals surface area contributed by atoms with Crippen LogP contribution in [0, 0.1) is 6.92 Å². The largest absolute Gasteiger partial charge is 0.418 e. The molecule has 0 unspecified atom stereocenters. The molecule has 138 valence electrons. The Balaban J connectivity index is 1.74. The number of benzene rings is 2. The highest BCUT2D eigenvalue weighted by atomic mass is 35.5. The minimum atomic E-state index is -4.48. The number of aryl methyl sites for hydroxylation is 1. The molecule has 2 aromatic rings. The van der Waals surface area contributed by atoms with Gasteiger partial charge in [0, 0.05) is 42.5 Å². The van der Waals surface area contributed by atoms with E-state index in [0.717, 1.165) is 11.6 Å². The van der Waals surface area contributed by atoms with E-state index in [-0.39, 0.29) is 16.6 Å². The molecule has 1 saturated heterocycles. The first-order valence-corrected chi connectivity index (χ1v) is 8.61. The highest BCUT2D eigenvalue weighted by molar-refractivity contribution is 6.30. The summed E-state index contributed by atoms with van der Waals surface area (Å²) < 4.78 is 39.9. The summed E-state index contributed by atoms with van der Waals surface area (Å²) in [6.45, 7) is 3.32. The van der Waals surface area contributed by atoms with Crippen molar-refractivity contribution in [2.75, 3.05) is 31.1 Å². The maximum absolute atomic E-state index is 13.3. The number of rotatable bonds is 2. The molecule has 0 N–H and O–H groups in total. The fourth-order valence-corrected chi connectivity index (χ4v) is 3.29. The number of nitrogens with zero attached hydrogens (tertiary/aromatic N) is 2. The molecule has 3 rings (SSSR count). The van der Waals surface area contributed by atoms with Crippen LogP contribution in [0.1, 0.15) is 21.5 Å². The molecule has 1 amide bonds. The summed E-state index contributed by atoms with van der Waals surface area (Å²) in [6.07, 6.45) is -4.48. The van der Waals surface area contributed by atoms with Gasteiger partial charge in [0.25, 0.3) is 5.91 Å². The van der Waals surface area contributed by atoms with Crippen molar-refractivity contribution in [2.24, 2.45) is 0 Å². The van der Waals surface area contributed by atoms with Gasteiger partial charge in [-0.2, -0.15) is 13.2 Å². The quantitative estimate of drug-likeness (QED) is 0.756. The molecular weight excluding hydrogens is 365 g/mol. The van der Waals surface area contributed by atoms with Crippen LogP contribution in [-0.4, -0.2) is 37.0 Å². The second kappa shape index (κ2) is 7.19. The van der Waals surface area contributed by atoms with Gasteiger partial charge in [0.05, 0.1) is 5.56 Å². The molecule has 7 heteroatoms. The maximum Gasteiger partial charge on any atom is 0.418 e. The topological polar surface area (TPSA) is 23.6 Å². The van der Waals surface area contributed by atoms with Gasteiger partial charge < -0.3 is 9.80 Å². The number of carbonyl (C=O) groups excluding carboxylic acids is 1. The normalized spacial score (nSPS) is 15.3. The Bertz CT molecular complexity index is 815. The lowest BCUT2D eigenvalue weighted by atomic mass is 10.1. The molecule has 0 bridgehead atoms. The van der Waals surface area contributed by atoms with Gasteiger partial charge in [-0.1, -0.05) is 29.3 Å². The van der Waals surface area contributed by atoms with E-state index in [1.54, 1.807) is 15.9 Å². The molecule has 2 aromatic carbocycles.